The number of pyridine rings is 1. The van der Waals surface area contributed by atoms with Crippen LogP contribution in [0.4, 0.5) is 5.69 Å². The van der Waals surface area contributed by atoms with Crippen LogP contribution in [0.2, 0.25) is 0 Å². The number of rotatable bonds is 6. The first kappa shape index (κ1) is 22.6. The number of benzene rings is 1. The number of imidazole rings is 1. The summed E-state index contributed by atoms with van der Waals surface area (Å²) < 4.78 is 29.0. The first-order chi connectivity index (χ1) is 15.8. The molecule has 1 aliphatic rings. The zero-order valence-electron chi connectivity index (χ0n) is 18.0. The highest BCUT2D eigenvalue weighted by Crippen LogP contribution is 2.22. The standard InChI is InChI=1S/C22H24N6O4S/c1-16(29)25-18-3-5-20(6-4-18)33(31,32)28-11-8-19(9-12-28)26-22(30)17-2-7-21(24-14-17)27-13-10-23-15-27/h2-7,10,13-15,19H,8-9,11-12H2,1H3,(H,25,29)(H,26,30). The number of hydrogen-bond donors (Lipinski definition) is 2. The Balaban J connectivity index is 1.32. The van der Waals surface area contributed by atoms with Crippen LogP contribution in [-0.2, 0) is 14.8 Å². The Hall–Kier alpha value is -3.57. The van der Waals surface area contributed by atoms with Gasteiger partial charge in [0.1, 0.15) is 12.1 Å². The van der Waals surface area contributed by atoms with Gasteiger partial charge < -0.3 is 10.6 Å². The fraction of sp³-hybridized carbons (Fsp3) is 0.273. The SMILES string of the molecule is CC(=O)Nc1ccc(S(=O)(=O)N2CCC(NC(=O)c3ccc(-n4ccnc4)nc3)CC2)cc1. The molecule has 0 saturated carbocycles. The molecule has 0 radical (unpaired) electrons. The van der Waals surface area contributed by atoms with Crippen LogP contribution < -0.4 is 10.6 Å². The van der Waals surface area contributed by atoms with Crippen molar-refractivity contribution >= 4 is 27.5 Å². The molecule has 1 aromatic carbocycles. The highest BCUT2D eigenvalue weighted by molar-refractivity contribution is 7.89. The average molecular weight is 469 g/mol. The van der Waals surface area contributed by atoms with E-state index in [1.54, 1.807) is 47.6 Å². The smallest absolute Gasteiger partial charge is 0.253 e. The molecule has 4 rings (SSSR count). The summed E-state index contributed by atoms with van der Waals surface area (Å²) in [4.78, 5) is 32.1. The van der Waals surface area contributed by atoms with Crippen molar-refractivity contribution in [3.8, 4) is 5.82 Å². The van der Waals surface area contributed by atoms with Crippen LogP contribution in [0.5, 0.6) is 0 Å². The number of carbonyl (C=O) groups is 2. The Morgan fingerprint density at radius 3 is 2.36 bits per heavy atom. The number of carbonyl (C=O) groups excluding carboxylic acids is 2. The van der Waals surface area contributed by atoms with Crippen molar-refractivity contribution in [3.63, 3.8) is 0 Å². The van der Waals surface area contributed by atoms with Crippen molar-refractivity contribution in [2.45, 2.75) is 30.7 Å². The topological polar surface area (TPSA) is 126 Å². The lowest BCUT2D eigenvalue weighted by Gasteiger charge is -2.31. The molecule has 0 bridgehead atoms. The summed E-state index contributed by atoms with van der Waals surface area (Å²) in [6.45, 7) is 2.00. The average Bonchev–Trinajstić information content (AvgIpc) is 3.34. The second-order valence-corrected chi connectivity index (χ2v) is 9.67. The van der Waals surface area contributed by atoms with E-state index in [-0.39, 0.29) is 22.8 Å². The number of anilines is 1. The van der Waals surface area contributed by atoms with Gasteiger partial charge in [-0.1, -0.05) is 0 Å². The minimum Gasteiger partial charge on any atom is -0.349 e. The van der Waals surface area contributed by atoms with Gasteiger partial charge in [0.25, 0.3) is 5.91 Å². The Labute approximate surface area is 191 Å². The van der Waals surface area contributed by atoms with E-state index in [0.717, 1.165) is 0 Å². The second kappa shape index (κ2) is 9.51. The number of nitrogens with zero attached hydrogens (tertiary/aromatic N) is 4. The van der Waals surface area contributed by atoms with Gasteiger partial charge in [0.15, 0.2) is 0 Å². The fourth-order valence-electron chi connectivity index (χ4n) is 3.64. The third-order valence-electron chi connectivity index (χ3n) is 5.38. The van der Waals surface area contributed by atoms with E-state index in [9.17, 15) is 18.0 Å². The van der Waals surface area contributed by atoms with Crippen LogP contribution in [-0.4, -0.2) is 58.2 Å². The Kier molecular flexibility index (Phi) is 6.52. The third-order valence-corrected chi connectivity index (χ3v) is 7.29. The molecular formula is C22H24N6O4S. The van der Waals surface area contributed by atoms with Crippen molar-refractivity contribution in [1.29, 1.82) is 0 Å². The van der Waals surface area contributed by atoms with Crippen LogP contribution >= 0.6 is 0 Å². The van der Waals surface area contributed by atoms with Crippen LogP contribution in [0, 0.1) is 0 Å². The summed E-state index contributed by atoms with van der Waals surface area (Å²) in [6, 6.07) is 9.40. The summed E-state index contributed by atoms with van der Waals surface area (Å²) in [5.41, 5.74) is 0.976. The lowest BCUT2D eigenvalue weighted by molar-refractivity contribution is -0.114. The summed E-state index contributed by atoms with van der Waals surface area (Å²) in [5.74, 6) is 0.196. The van der Waals surface area contributed by atoms with Crippen LogP contribution in [0.3, 0.4) is 0 Å². The number of piperidine rings is 1. The highest BCUT2D eigenvalue weighted by Gasteiger charge is 2.30. The molecule has 2 N–H and O–H groups in total. The zero-order chi connectivity index (χ0) is 23.4. The normalized spacial score (nSPS) is 15.2. The molecule has 2 amide bonds. The van der Waals surface area contributed by atoms with Crippen molar-refractivity contribution in [1.82, 2.24) is 24.2 Å². The number of sulfonamides is 1. The Morgan fingerprint density at radius 1 is 1.06 bits per heavy atom. The lowest BCUT2D eigenvalue weighted by Crippen LogP contribution is -2.46. The van der Waals surface area contributed by atoms with E-state index in [1.807, 2.05) is 0 Å². The number of hydrogen-bond acceptors (Lipinski definition) is 6. The Morgan fingerprint density at radius 2 is 1.79 bits per heavy atom. The number of nitrogens with one attached hydrogen (secondary N) is 2. The third kappa shape index (κ3) is 5.26. The van der Waals surface area contributed by atoms with E-state index in [1.165, 1.54) is 29.6 Å². The van der Waals surface area contributed by atoms with Crippen molar-refractivity contribution < 1.29 is 18.0 Å². The maximum Gasteiger partial charge on any atom is 0.253 e. The van der Waals surface area contributed by atoms with Gasteiger partial charge in [-0.25, -0.2) is 18.4 Å². The zero-order valence-corrected chi connectivity index (χ0v) is 18.8. The minimum absolute atomic E-state index is 0.126. The molecular weight excluding hydrogens is 444 g/mol. The van der Waals surface area contributed by atoms with Crippen LogP contribution in [0.15, 0.2) is 66.2 Å². The van der Waals surface area contributed by atoms with Crippen molar-refractivity contribution in [2.75, 3.05) is 18.4 Å². The van der Waals surface area contributed by atoms with Gasteiger partial charge in [-0.2, -0.15) is 4.31 Å². The molecule has 172 valence electrons. The first-order valence-electron chi connectivity index (χ1n) is 10.5. The summed E-state index contributed by atoms with van der Waals surface area (Å²) in [5, 5.41) is 5.58. The monoisotopic (exact) mass is 468 g/mol. The van der Waals surface area contributed by atoms with Gasteiger partial charge in [-0.15, -0.1) is 0 Å². The molecule has 0 unspecified atom stereocenters. The predicted octanol–water partition coefficient (Wildman–Crippen LogP) is 1.81. The molecule has 3 heterocycles. The van der Waals surface area contributed by atoms with E-state index in [0.29, 0.717) is 43.0 Å². The molecule has 3 aromatic rings. The second-order valence-electron chi connectivity index (χ2n) is 7.73. The molecule has 1 saturated heterocycles. The summed E-state index contributed by atoms with van der Waals surface area (Å²) in [7, 11) is -3.65. The van der Waals surface area contributed by atoms with E-state index in [2.05, 4.69) is 20.6 Å². The molecule has 33 heavy (non-hydrogen) atoms. The van der Waals surface area contributed by atoms with Gasteiger partial charge in [0.05, 0.1) is 10.5 Å². The molecule has 2 aromatic heterocycles. The van der Waals surface area contributed by atoms with Gasteiger partial charge in [0.2, 0.25) is 15.9 Å². The van der Waals surface area contributed by atoms with Gasteiger partial charge in [-0.3, -0.25) is 14.2 Å². The molecule has 0 atom stereocenters. The van der Waals surface area contributed by atoms with Gasteiger partial charge in [-0.05, 0) is 49.2 Å². The van der Waals surface area contributed by atoms with Gasteiger partial charge >= 0.3 is 0 Å². The van der Waals surface area contributed by atoms with E-state index >= 15 is 0 Å². The maximum absolute atomic E-state index is 12.9. The summed E-state index contributed by atoms with van der Waals surface area (Å²) >= 11 is 0. The highest BCUT2D eigenvalue weighted by atomic mass is 32.2. The summed E-state index contributed by atoms with van der Waals surface area (Å²) in [6.07, 6.45) is 7.57. The molecule has 1 aliphatic heterocycles. The molecule has 1 fully saturated rings. The minimum atomic E-state index is -3.65. The number of amides is 2. The molecule has 11 heteroatoms. The molecule has 0 spiro atoms. The van der Waals surface area contributed by atoms with E-state index < -0.39 is 10.0 Å². The lowest BCUT2D eigenvalue weighted by atomic mass is 10.1. The van der Waals surface area contributed by atoms with Crippen LogP contribution in [0.25, 0.3) is 5.82 Å². The maximum atomic E-state index is 12.9. The van der Waals surface area contributed by atoms with Crippen LogP contribution in [0.1, 0.15) is 30.1 Å². The quantitative estimate of drug-likeness (QED) is 0.568. The molecule has 10 nitrogen and oxygen atoms in total. The largest absolute Gasteiger partial charge is 0.349 e. The van der Waals surface area contributed by atoms with Gasteiger partial charge in [0, 0.05) is 50.3 Å². The van der Waals surface area contributed by atoms with E-state index in [4.69, 9.17) is 0 Å². The predicted molar refractivity (Wildman–Crippen MR) is 121 cm³/mol. The first-order valence-corrected chi connectivity index (χ1v) is 11.9. The molecule has 0 aliphatic carbocycles. The van der Waals surface area contributed by atoms with Crippen molar-refractivity contribution in [2.24, 2.45) is 0 Å². The fourth-order valence-corrected chi connectivity index (χ4v) is 5.11. The van der Waals surface area contributed by atoms with Crippen molar-refractivity contribution in [3.05, 3.63) is 66.9 Å². The Bertz CT molecular complexity index is 1220. The number of aromatic nitrogens is 3.